The summed E-state index contributed by atoms with van der Waals surface area (Å²) in [5.74, 6) is -1.37. The lowest BCUT2D eigenvalue weighted by atomic mass is 10.2. The molecule has 0 bridgehead atoms. The molecule has 0 heterocycles. The summed E-state index contributed by atoms with van der Waals surface area (Å²) in [7, 11) is 0. The highest BCUT2D eigenvalue weighted by Gasteiger charge is 2.13. The van der Waals surface area contributed by atoms with E-state index in [2.05, 4.69) is 11.9 Å². The quantitative estimate of drug-likeness (QED) is 0.588. The third kappa shape index (κ3) is 6.34. The molecule has 1 N–H and O–H groups in total. The molecule has 0 aromatic heterocycles. The zero-order chi connectivity index (χ0) is 17.2. The Labute approximate surface area is 135 Å². The number of carbonyl (C=O) groups excluding carboxylic acids is 3. The van der Waals surface area contributed by atoms with Crippen molar-refractivity contribution < 1.29 is 23.9 Å². The van der Waals surface area contributed by atoms with E-state index in [9.17, 15) is 14.4 Å². The van der Waals surface area contributed by atoms with E-state index in [-0.39, 0.29) is 17.9 Å². The maximum Gasteiger partial charge on any atom is 0.338 e. The van der Waals surface area contributed by atoms with Crippen LogP contribution in [0.15, 0.2) is 36.4 Å². The molecule has 6 heteroatoms. The van der Waals surface area contributed by atoms with Crippen LogP contribution in [-0.2, 0) is 19.1 Å². The average molecular weight is 319 g/mol. The number of nitrogens with one attached hydrogen (secondary N) is 1. The summed E-state index contributed by atoms with van der Waals surface area (Å²) in [4.78, 5) is 34.9. The highest BCUT2D eigenvalue weighted by molar-refractivity contribution is 6.00. The Kier molecular flexibility index (Phi) is 7.53. The highest BCUT2D eigenvalue weighted by Crippen LogP contribution is 2.12. The number of hydrogen-bond acceptors (Lipinski definition) is 5. The minimum atomic E-state index is -0.570. The number of anilines is 1. The third-order valence-electron chi connectivity index (χ3n) is 2.78. The van der Waals surface area contributed by atoms with Crippen LogP contribution in [0.4, 0.5) is 5.69 Å². The van der Waals surface area contributed by atoms with Crippen LogP contribution >= 0.6 is 0 Å². The van der Waals surface area contributed by atoms with Gasteiger partial charge in [-0.2, -0.15) is 0 Å². The van der Waals surface area contributed by atoms with Gasteiger partial charge in [0.05, 0.1) is 25.2 Å². The van der Waals surface area contributed by atoms with Crippen molar-refractivity contribution in [1.29, 1.82) is 0 Å². The predicted molar refractivity (Wildman–Crippen MR) is 86.0 cm³/mol. The van der Waals surface area contributed by atoms with E-state index in [1.165, 1.54) is 0 Å². The number of benzene rings is 1. The minimum absolute atomic E-state index is 0.0964. The van der Waals surface area contributed by atoms with Gasteiger partial charge >= 0.3 is 11.9 Å². The molecule has 1 aromatic carbocycles. The Hall–Kier alpha value is -2.63. The molecule has 0 saturated heterocycles. The first-order valence-electron chi connectivity index (χ1n) is 7.39. The minimum Gasteiger partial charge on any atom is -0.462 e. The summed E-state index contributed by atoms with van der Waals surface area (Å²) in [6.45, 7) is 7.75. The van der Waals surface area contributed by atoms with Gasteiger partial charge in [0.15, 0.2) is 0 Å². The van der Waals surface area contributed by atoms with Gasteiger partial charge in [-0.05, 0) is 37.6 Å². The molecule has 0 aliphatic carbocycles. The van der Waals surface area contributed by atoms with Gasteiger partial charge < -0.3 is 14.8 Å². The second kappa shape index (κ2) is 9.40. The SMILES string of the molecule is C=C(CC(=O)Nc1ccc(C(=O)OCC)cc1)C(=O)OCCC. The van der Waals surface area contributed by atoms with Crippen LogP contribution in [0.25, 0.3) is 0 Å². The van der Waals surface area contributed by atoms with Crippen molar-refractivity contribution in [2.45, 2.75) is 26.7 Å². The first kappa shape index (κ1) is 18.4. The number of carbonyl (C=O) groups is 3. The molecule has 0 fully saturated rings. The molecule has 124 valence electrons. The first-order valence-corrected chi connectivity index (χ1v) is 7.39. The molecule has 0 saturated carbocycles. The predicted octanol–water partition coefficient (Wildman–Crippen LogP) is 2.70. The number of amides is 1. The van der Waals surface area contributed by atoms with Crippen molar-refractivity contribution in [3.8, 4) is 0 Å². The standard InChI is InChI=1S/C17H21NO5/c1-4-10-23-16(20)12(3)11-15(19)18-14-8-6-13(7-9-14)17(21)22-5-2/h6-9H,3-5,10-11H2,1-2H3,(H,18,19). The van der Waals surface area contributed by atoms with Gasteiger partial charge in [-0.3, -0.25) is 4.79 Å². The van der Waals surface area contributed by atoms with Crippen molar-refractivity contribution >= 4 is 23.5 Å². The van der Waals surface area contributed by atoms with Crippen LogP contribution in [0.1, 0.15) is 37.0 Å². The molecular weight excluding hydrogens is 298 g/mol. The topological polar surface area (TPSA) is 81.7 Å². The Balaban J connectivity index is 2.52. The Bertz CT molecular complexity index is 577. The maximum absolute atomic E-state index is 11.9. The normalized spacial score (nSPS) is 9.83. The largest absolute Gasteiger partial charge is 0.462 e. The Morgan fingerprint density at radius 2 is 1.74 bits per heavy atom. The molecule has 1 amide bonds. The fraction of sp³-hybridized carbons (Fsp3) is 0.353. The van der Waals surface area contributed by atoms with E-state index in [4.69, 9.17) is 9.47 Å². The molecule has 0 unspecified atom stereocenters. The van der Waals surface area contributed by atoms with Crippen LogP contribution in [-0.4, -0.2) is 31.1 Å². The van der Waals surface area contributed by atoms with E-state index in [0.29, 0.717) is 30.9 Å². The second-order valence-corrected chi connectivity index (χ2v) is 4.76. The fourth-order valence-electron chi connectivity index (χ4n) is 1.67. The van der Waals surface area contributed by atoms with Gasteiger partial charge in [-0.15, -0.1) is 0 Å². The van der Waals surface area contributed by atoms with Gasteiger partial charge in [-0.1, -0.05) is 13.5 Å². The summed E-state index contributed by atoms with van der Waals surface area (Å²) in [5.41, 5.74) is 1.01. The van der Waals surface area contributed by atoms with Crippen molar-refractivity contribution in [2.24, 2.45) is 0 Å². The molecule has 0 atom stereocenters. The maximum atomic E-state index is 11.9. The molecule has 0 aliphatic rings. The Morgan fingerprint density at radius 1 is 1.09 bits per heavy atom. The molecule has 0 aliphatic heterocycles. The van der Waals surface area contributed by atoms with E-state index in [1.807, 2.05) is 6.92 Å². The van der Waals surface area contributed by atoms with E-state index >= 15 is 0 Å². The molecule has 1 rings (SSSR count). The van der Waals surface area contributed by atoms with Gasteiger partial charge in [0.25, 0.3) is 0 Å². The van der Waals surface area contributed by atoms with E-state index < -0.39 is 11.9 Å². The summed E-state index contributed by atoms with van der Waals surface area (Å²) < 4.78 is 9.77. The molecule has 0 spiro atoms. The Morgan fingerprint density at radius 3 is 2.30 bits per heavy atom. The number of ether oxygens (including phenoxy) is 2. The average Bonchev–Trinajstić information content (AvgIpc) is 2.53. The van der Waals surface area contributed by atoms with Crippen molar-refractivity contribution in [3.63, 3.8) is 0 Å². The van der Waals surface area contributed by atoms with Gasteiger partial charge in [0.2, 0.25) is 5.91 Å². The smallest absolute Gasteiger partial charge is 0.338 e. The fourth-order valence-corrected chi connectivity index (χ4v) is 1.67. The van der Waals surface area contributed by atoms with E-state index in [1.54, 1.807) is 31.2 Å². The van der Waals surface area contributed by atoms with Crippen LogP contribution in [0.3, 0.4) is 0 Å². The van der Waals surface area contributed by atoms with Crippen LogP contribution < -0.4 is 5.32 Å². The van der Waals surface area contributed by atoms with E-state index in [0.717, 1.165) is 0 Å². The lowest BCUT2D eigenvalue weighted by Gasteiger charge is -2.08. The van der Waals surface area contributed by atoms with Gasteiger partial charge in [0, 0.05) is 11.3 Å². The van der Waals surface area contributed by atoms with Crippen LogP contribution in [0.5, 0.6) is 0 Å². The number of rotatable bonds is 8. The van der Waals surface area contributed by atoms with Crippen LogP contribution in [0, 0.1) is 0 Å². The monoisotopic (exact) mass is 319 g/mol. The summed E-state index contributed by atoms with van der Waals surface area (Å²) in [6, 6.07) is 6.28. The van der Waals surface area contributed by atoms with Crippen molar-refractivity contribution in [3.05, 3.63) is 42.0 Å². The molecule has 1 aromatic rings. The van der Waals surface area contributed by atoms with Gasteiger partial charge in [-0.25, -0.2) is 9.59 Å². The zero-order valence-electron chi connectivity index (χ0n) is 13.4. The van der Waals surface area contributed by atoms with Crippen LogP contribution in [0.2, 0.25) is 0 Å². The molecule has 6 nitrogen and oxygen atoms in total. The molecular formula is C17H21NO5. The summed E-state index contributed by atoms with van der Waals surface area (Å²) in [6.07, 6.45) is 0.556. The lowest BCUT2D eigenvalue weighted by Crippen LogP contribution is -2.17. The zero-order valence-corrected chi connectivity index (χ0v) is 13.4. The molecule has 23 heavy (non-hydrogen) atoms. The first-order chi connectivity index (χ1) is 11.0. The molecule has 0 radical (unpaired) electrons. The third-order valence-corrected chi connectivity index (χ3v) is 2.78. The number of esters is 2. The highest BCUT2D eigenvalue weighted by atomic mass is 16.5. The summed E-state index contributed by atoms with van der Waals surface area (Å²) >= 11 is 0. The van der Waals surface area contributed by atoms with Crippen molar-refractivity contribution in [2.75, 3.05) is 18.5 Å². The van der Waals surface area contributed by atoms with Gasteiger partial charge in [0.1, 0.15) is 0 Å². The lowest BCUT2D eigenvalue weighted by molar-refractivity contribution is -0.139. The number of hydrogen-bond donors (Lipinski definition) is 1. The second-order valence-electron chi connectivity index (χ2n) is 4.76. The van der Waals surface area contributed by atoms with Crippen molar-refractivity contribution in [1.82, 2.24) is 0 Å². The summed E-state index contributed by atoms with van der Waals surface area (Å²) in [5, 5.41) is 2.62.